The second-order valence-electron chi connectivity index (χ2n) is 5.98. The van der Waals surface area contributed by atoms with Gasteiger partial charge in [0.05, 0.1) is 36.7 Å². The van der Waals surface area contributed by atoms with E-state index in [-0.39, 0.29) is 16.6 Å². The third kappa shape index (κ3) is 5.86. The summed E-state index contributed by atoms with van der Waals surface area (Å²) < 4.78 is 39.2. The van der Waals surface area contributed by atoms with E-state index in [9.17, 15) is 13.2 Å². The fraction of sp³-hybridized carbons (Fsp3) is 0.471. The lowest BCUT2D eigenvalue weighted by molar-refractivity contribution is -0.113. The van der Waals surface area contributed by atoms with Crippen LogP contribution in [0.25, 0.3) is 0 Å². The van der Waals surface area contributed by atoms with Gasteiger partial charge in [-0.05, 0) is 24.0 Å². The zero-order chi connectivity index (χ0) is 21.6. The first-order valence-corrected chi connectivity index (χ1v) is 13.3. The first-order valence-electron chi connectivity index (χ1n) is 9.09. The first kappa shape index (κ1) is 23.3. The standard InChI is InChI=1S/C17H22N4O5S4/c1-3-27-16-19-20-17(29-16)28-11-15(22)18-13-10-12(4-5-14(13)25-2)30(23,24)21-6-8-26-9-7-21/h4-5,10H,3,6-9,11H2,1-2H3,(H,18,22). The van der Waals surface area contributed by atoms with Gasteiger partial charge in [-0.2, -0.15) is 4.31 Å². The number of rotatable bonds is 9. The highest BCUT2D eigenvalue weighted by molar-refractivity contribution is 8.03. The molecule has 2 heterocycles. The van der Waals surface area contributed by atoms with Crippen molar-refractivity contribution in [1.29, 1.82) is 0 Å². The Hall–Kier alpha value is -1.38. The quantitative estimate of drug-likeness (QED) is 0.530. The van der Waals surface area contributed by atoms with Crippen molar-refractivity contribution in [3.05, 3.63) is 18.2 Å². The molecule has 1 amide bonds. The van der Waals surface area contributed by atoms with Crippen molar-refractivity contribution >= 4 is 56.5 Å². The Balaban J connectivity index is 1.69. The lowest BCUT2D eigenvalue weighted by atomic mass is 10.3. The van der Waals surface area contributed by atoms with Crippen molar-refractivity contribution < 1.29 is 22.7 Å². The lowest BCUT2D eigenvalue weighted by Gasteiger charge is -2.26. The van der Waals surface area contributed by atoms with Gasteiger partial charge >= 0.3 is 0 Å². The number of amides is 1. The number of anilines is 1. The molecule has 13 heteroatoms. The van der Waals surface area contributed by atoms with E-state index in [2.05, 4.69) is 15.5 Å². The van der Waals surface area contributed by atoms with Crippen molar-refractivity contribution in [3.63, 3.8) is 0 Å². The minimum Gasteiger partial charge on any atom is -0.495 e. The predicted molar refractivity (Wildman–Crippen MR) is 118 cm³/mol. The normalized spacial score (nSPS) is 15.1. The molecule has 0 unspecified atom stereocenters. The van der Waals surface area contributed by atoms with Crippen LogP contribution in [0.3, 0.4) is 0 Å². The van der Waals surface area contributed by atoms with Crippen LogP contribution in [-0.4, -0.2) is 73.7 Å². The number of aromatic nitrogens is 2. The highest BCUT2D eigenvalue weighted by atomic mass is 32.2. The van der Waals surface area contributed by atoms with E-state index in [0.717, 1.165) is 10.1 Å². The molecule has 0 aliphatic carbocycles. The van der Waals surface area contributed by atoms with Gasteiger partial charge in [0.25, 0.3) is 0 Å². The minimum absolute atomic E-state index is 0.0958. The molecular weight excluding hydrogens is 468 g/mol. The van der Waals surface area contributed by atoms with Gasteiger partial charge in [0.2, 0.25) is 15.9 Å². The molecule has 1 N–H and O–H groups in total. The largest absolute Gasteiger partial charge is 0.495 e. The maximum Gasteiger partial charge on any atom is 0.243 e. The van der Waals surface area contributed by atoms with Crippen LogP contribution in [0, 0.1) is 0 Å². The zero-order valence-electron chi connectivity index (χ0n) is 16.5. The Bertz CT molecular complexity index is 976. The highest BCUT2D eigenvalue weighted by Gasteiger charge is 2.27. The van der Waals surface area contributed by atoms with Crippen molar-refractivity contribution in [2.45, 2.75) is 20.5 Å². The number of ether oxygens (including phenoxy) is 2. The summed E-state index contributed by atoms with van der Waals surface area (Å²) in [5.41, 5.74) is 0.303. The summed E-state index contributed by atoms with van der Waals surface area (Å²) in [6.45, 7) is 3.35. The molecule has 2 aromatic rings. The van der Waals surface area contributed by atoms with Crippen LogP contribution < -0.4 is 10.1 Å². The molecule has 0 bridgehead atoms. The van der Waals surface area contributed by atoms with Gasteiger partial charge in [-0.15, -0.1) is 10.2 Å². The summed E-state index contributed by atoms with van der Waals surface area (Å²) in [6, 6.07) is 4.43. The molecule has 164 valence electrons. The van der Waals surface area contributed by atoms with Crippen molar-refractivity contribution in [1.82, 2.24) is 14.5 Å². The van der Waals surface area contributed by atoms with Gasteiger partial charge in [0.1, 0.15) is 5.75 Å². The fourth-order valence-electron chi connectivity index (χ4n) is 2.63. The number of benzene rings is 1. The number of sulfonamides is 1. The molecule has 3 rings (SSSR count). The molecule has 1 fully saturated rings. The first-order chi connectivity index (χ1) is 14.4. The van der Waals surface area contributed by atoms with Crippen LogP contribution in [0.5, 0.6) is 5.75 Å². The molecular formula is C17H22N4O5S4. The number of hydrogen-bond acceptors (Lipinski definition) is 10. The van der Waals surface area contributed by atoms with Crippen LogP contribution in [0.2, 0.25) is 0 Å². The minimum atomic E-state index is -3.68. The Morgan fingerprint density at radius 2 is 1.97 bits per heavy atom. The summed E-state index contributed by atoms with van der Waals surface area (Å²) >= 11 is 4.32. The summed E-state index contributed by atoms with van der Waals surface area (Å²) in [4.78, 5) is 12.5. The van der Waals surface area contributed by atoms with Gasteiger partial charge in [-0.1, -0.05) is 41.8 Å². The summed E-state index contributed by atoms with van der Waals surface area (Å²) in [5.74, 6) is 1.11. The number of carbonyl (C=O) groups is 1. The molecule has 9 nitrogen and oxygen atoms in total. The van der Waals surface area contributed by atoms with E-state index < -0.39 is 10.0 Å². The third-order valence-corrected chi connectivity index (χ3v) is 9.00. The van der Waals surface area contributed by atoms with E-state index in [1.54, 1.807) is 11.8 Å². The zero-order valence-corrected chi connectivity index (χ0v) is 19.8. The topological polar surface area (TPSA) is 111 Å². The number of thioether (sulfide) groups is 2. The number of morpholine rings is 1. The number of nitrogens with one attached hydrogen (secondary N) is 1. The third-order valence-electron chi connectivity index (χ3n) is 4.04. The Labute approximate surface area is 188 Å². The van der Waals surface area contributed by atoms with Crippen LogP contribution in [0.1, 0.15) is 6.92 Å². The fourth-order valence-corrected chi connectivity index (χ4v) is 6.78. The molecule has 0 spiro atoms. The van der Waals surface area contributed by atoms with Crippen LogP contribution >= 0.6 is 34.9 Å². The molecule has 1 aromatic heterocycles. The van der Waals surface area contributed by atoms with E-state index >= 15 is 0 Å². The van der Waals surface area contributed by atoms with Crippen molar-refractivity contribution in [2.75, 3.05) is 50.2 Å². The van der Waals surface area contributed by atoms with Crippen LogP contribution in [-0.2, 0) is 19.6 Å². The molecule has 1 aliphatic rings. The average Bonchev–Trinajstić information content (AvgIpc) is 3.20. The van der Waals surface area contributed by atoms with E-state index in [0.29, 0.717) is 42.1 Å². The summed E-state index contributed by atoms with van der Waals surface area (Å²) in [6.07, 6.45) is 0. The van der Waals surface area contributed by atoms with Gasteiger partial charge in [0.15, 0.2) is 8.68 Å². The molecule has 1 aliphatic heterocycles. The second kappa shape index (κ2) is 10.8. The smallest absolute Gasteiger partial charge is 0.243 e. The van der Waals surface area contributed by atoms with E-state index in [1.807, 2.05) is 6.92 Å². The molecule has 1 saturated heterocycles. The molecule has 1 aromatic carbocycles. The van der Waals surface area contributed by atoms with Gasteiger partial charge in [-0.25, -0.2) is 8.42 Å². The van der Waals surface area contributed by atoms with Crippen LogP contribution in [0.15, 0.2) is 31.8 Å². The Morgan fingerprint density at radius 1 is 1.27 bits per heavy atom. The molecule has 0 saturated carbocycles. The number of hydrogen-bond donors (Lipinski definition) is 1. The monoisotopic (exact) mass is 490 g/mol. The lowest BCUT2D eigenvalue weighted by Crippen LogP contribution is -2.40. The number of carbonyl (C=O) groups excluding carboxylic acids is 1. The Morgan fingerprint density at radius 3 is 2.63 bits per heavy atom. The predicted octanol–water partition coefficient (Wildman–Crippen LogP) is 2.41. The molecule has 0 atom stereocenters. The van der Waals surface area contributed by atoms with E-state index in [4.69, 9.17) is 9.47 Å². The van der Waals surface area contributed by atoms with E-state index in [1.165, 1.54) is 52.7 Å². The number of nitrogens with zero attached hydrogens (tertiary/aromatic N) is 3. The summed E-state index contributed by atoms with van der Waals surface area (Å²) in [5, 5.41) is 10.9. The van der Waals surface area contributed by atoms with Crippen LogP contribution in [0.4, 0.5) is 5.69 Å². The average molecular weight is 491 g/mol. The molecule has 30 heavy (non-hydrogen) atoms. The maximum atomic E-state index is 12.9. The van der Waals surface area contributed by atoms with Crippen molar-refractivity contribution in [2.24, 2.45) is 0 Å². The van der Waals surface area contributed by atoms with Gasteiger partial charge in [0, 0.05) is 13.1 Å². The maximum absolute atomic E-state index is 12.9. The van der Waals surface area contributed by atoms with Gasteiger partial charge < -0.3 is 14.8 Å². The second-order valence-corrected chi connectivity index (χ2v) is 11.6. The number of methoxy groups -OCH3 is 1. The van der Waals surface area contributed by atoms with Crippen molar-refractivity contribution in [3.8, 4) is 5.75 Å². The van der Waals surface area contributed by atoms with Gasteiger partial charge in [-0.3, -0.25) is 4.79 Å². The Kier molecular flexibility index (Phi) is 8.36. The molecule has 0 radical (unpaired) electrons. The highest BCUT2D eigenvalue weighted by Crippen LogP contribution is 2.31. The summed E-state index contributed by atoms with van der Waals surface area (Å²) in [7, 11) is -2.22. The SMILES string of the molecule is CCSc1nnc(SCC(=O)Nc2cc(S(=O)(=O)N3CCOCC3)ccc2OC)s1.